The summed E-state index contributed by atoms with van der Waals surface area (Å²) in [6, 6.07) is 17.1. The van der Waals surface area contributed by atoms with Gasteiger partial charge in [0.25, 0.3) is 0 Å². The lowest BCUT2D eigenvalue weighted by Crippen LogP contribution is -2.10. The number of aromatic nitrogens is 5. The molecule has 0 unspecified atom stereocenters. The number of halogens is 2. The summed E-state index contributed by atoms with van der Waals surface area (Å²) in [6.45, 7) is 0.685. The Bertz CT molecular complexity index is 1490. The third-order valence-electron chi connectivity index (χ3n) is 5.83. The van der Waals surface area contributed by atoms with Crippen molar-refractivity contribution in [2.45, 2.75) is 13.1 Å². The first-order valence-electron chi connectivity index (χ1n) is 11.2. The Morgan fingerprint density at radius 1 is 1.06 bits per heavy atom. The molecule has 0 radical (unpaired) electrons. The van der Waals surface area contributed by atoms with Crippen LogP contribution in [0.4, 0.5) is 21.7 Å². The number of methoxy groups -OCH3 is 1. The molecule has 0 fully saturated rings. The summed E-state index contributed by atoms with van der Waals surface area (Å²) in [5.74, 6) is 1.04. The van der Waals surface area contributed by atoms with Gasteiger partial charge in [-0.05, 0) is 42.0 Å². The number of rotatable bonds is 8. The van der Waals surface area contributed by atoms with Gasteiger partial charge in [0.15, 0.2) is 17.2 Å². The molecule has 0 aliphatic heterocycles. The zero-order valence-electron chi connectivity index (χ0n) is 19.7. The lowest BCUT2D eigenvalue weighted by atomic mass is 10.2. The van der Waals surface area contributed by atoms with Gasteiger partial charge >= 0.3 is 0 Å². The van der Waals surface area contributed by atoms with Gasteiger partial charge in [0.2, 0.25) is 0 Å². The predicted octanol–water partition coefficient (Wildman–Crippen LogP) is 5.45. The predicted molar refractivity (Wildman–Crippen MR) is 138 cm³/mol. The van der Waals surface area contributed by atoms with E-state index >= 15 is 0 Å². The summed E-state index contributed by atoms with van der Waals surface area (Å²) in [5.41, 5.74) is 2.94. The molecule has 182 valence electrons. The zero-order chi connectivity index (χ0) is 25.1. The molecule has 2 aromatic carbocycles. The molecule has 0 aliphatic carbocycles. The summed E-state index contributed by atoms with van der Waals surface area (Å²) in [6.07, 6.45) is 5.07. The number of fused-ring (bicyclic) bond motifs is 1. The second kappa shape index (κ2) is 10.2. The number of nitrogens with one attached hydrogen (secondary N) is 1. The second-order valence-electron chi connectivity index (χ2n) is 8.10. The molecule has 0 amide bonds. The highest BCUT2D eigenvalue weighted by Gasteiger charge is 2.15. The minimum Gasteiger partial charge on any atom is -0.494 e. The van der Waals surface area contributed by atoms with Gasteiger partial charge in [-0.2, -0.15) is 5.10 Å². The molecule has 3 heterocycles. The van der Waals surface area contributed by atoms with E-state index < -0.39 is 5.82 Å². The van der Waals surface area contributed by atoms with Crippen LogP contribution in [-0.2, 0) is 13.1 Å². The van der Waals surface area contributed by atoms with E-state index in [1.54, 1.807) is 16.9 Å². The number of nitrogens with zero attached hydrogens (tertiary/aromatic N) is 6. The summed E-state index contributed by atoms with van der Waals surface area (Å²) in [4.78, 5) is 15.0. The van der Waals surface area contributed by atoms with Crippen LogP contribution in [0.3, 0.4) is 0 Å². The summed E-state index contributed by atoms with van der Waals surface area (Å²) in [7, 11) is 3.40. The number of pyridine rings is 1. The quantitative estimate of drug-likeness (QED) is 0.301. The van der Waals surface area contributed by atoms with Gasteiger partial charge in [0.1, 0.15) is 18.0 Å². The molecule has 3 aromatic heterocycles. The molecule has 1 N–H and O–H groups in total. The van der Waals surface area contributed by atoms with Crippen molar-refractivity contribution in [1.82, 2.24) is 24.7 Å². The molecule has 0 spiro atoms. The molecule has 0 aliphatic rings. The number of ether oxygens (including phenoxy) is 1. The zero-order valence-corrected chi connectivity index (χ0v) is 20.4. The van der Waals surface area contributed by atoms with Crippen LogP contribution in [0.2, 0.25) is 5.02 Å². The van der Waals surface area contributed by atoms with Crippen LogP contribution in [0.15, 0.2) is 73.3 Å². The number of hydrogen-bond donors (Lipinski definition) is 1. The van der Waals surface area contributed by atoms with Crippen LogP contribution in [0, 0.1) is 5.82 Å². The van der Waals surface area contributed by atoms with Crippen molar-refractivity contribution < 1.29 is 9.13 Å². The summed E-state index contributed by atoms with van der Waals surface area (Å²) in [5, 5.41) is 8.76. The van der Waals surface area contributed by atoms with Crippen LogP contribution >= 0.6 is 11.6 Å². The fourth-order valence-electron chi connectivity index (χ4n) is 3.87. The molecule has 5 rings (SSSR count). The van der Waals surface area contributed by atoms with Gasteiger partial charge in [-0.15, -0.1) is 0 Å². The van der Waals surface area contributed by atoms with E-state index in [1.165, 1.54) is 19.5 Å². The Morgan fingerprint density at radius 2 is 1.89 bits per heavy atom. The van der Waals surface area contributed by atoms with E-state index in [9.17, 15) is 4.39 Å². The third kappa shape index (κ3) is 4.78. The first kappa shape index (κ1) is 23.5. The maximum Gasteiger partial charge on any atom is 0.186 e. The first-order valence-corrected chi connectivity index (χ1v) is 11.6. The Hall–Kier alpha value is -4.24. The number of anilines is 3. The van der Waals surface area contributed by atoms with Crippen molar-refractivity contribution in [3.05, 3.63) is 95.3 Å². The topological polar surface area (TPSA) is 81.0 Å². The van der Waals surface area contributed by atoms with Gasteiger partial charge in [0.05, 0.1) is 19.0 Å². The van der Waals surface area contributed by atoms with Gasteiger partial charge in [-0.25, -0.2) is 19.3 Å². The monoisotopic (exact) mass is 503 g/mol. The smallest absolute Gasteiger partial charge is 0.186 e. The van der Waals surface area contributed by atoms with E-state index in [2.05, 4.69) is 37.5 Å². The maximum atomic E-state index is 14.7. The van der Waals surface area contributed by atoms with Crippen LogP contribution in [0.5, 0.6) is 5.75 Å². The van der Waals surface area contributed by atoms with Crippen LogP contribution in [-0.4, -0.2) is 38.9 Å². The number of hydrogen-bond acceptors (Lipinski definition) is 7. The van der Waals surface area contributed by atoms with Crippen molar-refractivity contribution in [3.63, 3.8) is 0 Å². The lowest BCUT2D eigenvalue weighted by Gasteiger charge is -2.18. The fraction of sp³-hybridized carbons (Fsp3) is 0.154. The molecule has 0 bridgehead atoms. The SMILES string of the molecule is COc1ccc(Cl)c(CNc2ncnc3nn(Cc4ccc(N(C)c5ccccn5)cc4)cc23)c1F. The van der Waals surface area contributed by atoms with Gasteiger partial charge in [0, 0.05) is 42.3 Å². The minimum atomic E-state index is -0.504. The molecule has 0 atom stereocenters. The molecule has 8 nitrogen and oxygen atoms in total. The lowest BCUT2D eigenvalue weighted by molar-refractivity contribution is 0.384. The van der Waals surface area contributed by atoms with Crippen molar-refractivity contribution in [1.29, 1.82) is 0 Å². The molecule has 5 aromatic rings. The average Bonchev–Trinajstić information content (AvgIpc) is 3.32. The maximum absolute atomic E-state index is 14.7. The van der Waals surface area contributed by atoms with E-state index in [1.807, 2.05) is 48.5 Å². The van der Waals surface area contributed by atoms with Crippen LogP contribution in [0.25, 0.3) is 11.0 Å². The highest BCUT2D eigenvalue weighted by atomic mass is 35.5. The molecule has 10 heteroatoms. The highest BCUT2D eigenvalue weighted by Crippen LogP contribution is 2.29. The second-order valence-corrected chi connectivity index (χ2v) is 8.50. The molecule has 0 saturated carbocycles. The van der Waals surface area contributed by atoms with E-state index in [4.69, 9.17) is 16.3 Å². The molecule has 0 saturated heterocycles. The van der Waals surface area contributed by atoms with Crippen LogP contribution < -0.4 is 15.0 Å². The highest BCUT2D eigenvalue weighted by molar-refractivity contribution is 6.31. The Labute approximate surface area is 212 Å². The third-order valence-corrected chi connectivity index (χ3v) is 6.18. The molecule has 36 heavy (non-hydrogen) atoms. The fourth-order valence-corrected chi connectivity index (χ4v) is 4.08. The van der Waals surface area contributed by atoms with Crippen molar-refractivity contribution >= 4 is 40.0 Å². The normalized spacial score (nSPS) is 11.0. The minimum absolute atomic E-state index is 0.129. The molecular weight excluding hydrogens is 481 g/mol. The van der Waals surface area contributed by atoms with Crippen molar-refractivity contribution in [2.24, 2.45) is 0 Å². The van der Waals surface area contributed by atoms with Gasteiger partial charge in [-0.1, -0.05) is 29.8 Å². The first-order chi connectivity index (χ1) is 17.5. The van der Waals surface area contributed by atoms with E-state index in [0.717, 1.165) is 22.5 Å². The summed E-state index contributed by atoms with van der Waals surface area (Å²) >= 11 is 6.21. The number of benzene rings is 2. The standard InChI is InChI=1S/C26H23ClFN7O/c1-34(23-5-3-4-12-29-23)18-8-6-17(7-9-18)14-35-15-20-25(31-16-32-26(20)33-35)30-13-19-21(27)10-11-22(36-2)24(19)28/h3-12,15-16H,13-14H2,1-2H3,(H,30,31,32,33). The van der Waals surface area contributed by atoms with E-state index in [-0.39, 0.29) is 12.3 Å². The van der Waals surface area contributed by atoms with Crippen molar-refractivity contribution in [2.75, 3.05) is 24.4 Å². The largest absolute Gasteiger partial charge is 0.494 e. The molecular formula is C26H23ClFN7O. The Balaban J connectivity index is 1.32. The van der Waals surface area contributed by atoms with E-state index in [0.29, 0.717) is 28.6 Å². The van der Waals surface area contributed by atoms with Crippen LogP contribution in [0.1, 0.15) is 11.1 Å². The average molecular weight is 504 g/mol. The van der Waals surface area contributed by atoms with Crippen molar-refractivity contribution in [3.8, 4) is 5.75 Å². The Kier molecular flexibility index (Phi) is 6.64. The Morgan fingerprint density at radius 3 is 2.64 bits per heavy atom. The van der Waals surface area contributed by atoms with Gasteiger partial charge < -0.3 is 15.0 Å². The summed E-state index contributed by atoms with van der Waals surface area (Å²) < 4.78 is 21.5. The van der Waals surface area contributed by atoms with Gasteiger partial charge in [-0.3, -0.25) is 4.68 Å².